The summed E-state index contributed by atoms with van der Waals surface area (Å²) in [6, 6.07) is 23.1. The lowest BCUT2D eigenvalue weighted by molar-refractivity contribution is 0.100. The summed E-state index contributed by atoms with van der Waals surface area (Å²) in [6.07, 6.45) is 0.774. The Balaban J connectivity index is 1.97. The van der Waals surface area contributed by atoms with E-state index in [1.54, 1.807) is 0 Å². The van der Waals surface area contributed by atoms with Crippen LogP contribution < -0.4 is 9.80 Å². The maximum Gasteiger partial charge on any atom is 0.229 e. The maximum atomic E-state index is 14.4. The van der Waals surface area contributed by atoms with E-state index in [0.717, 1.165) is 24.8 Å². The van der Waals surface area contributed by atoms with Crippen LogP contribution in [0.2, 0.25) is 0 Å². The summed E-state index contributed by atoms with van der Waals surface area (Å²) in [5.41, 5.74) is 8.35. The molecule has 0 saturated carbocycles. The van der Waals surface area contributed by atoms with Crippen LogP contribution in [0.4, 0.5) is 11.4 Å². The second-order valence-electron chi connectivity index (χ2n) is 11.5. The minimum Gasteiger partial charge on any atom is -0.336 e. The van der Waals surface area contributed by atoms with Crippen LogP contribution >= 0.6 is 0 Å². The Hall–Kier alpha value is -3.07. The normalized spacial score (nSPS) is 14.6. The van der Waals surface area contributed by atoms with Crippen molar-refractivity contribution in [3.63, 3.8) is 0 Å². The van der Waals surface area contributed by atoms with Gasteiger partial charge in [0.2, 0.25) is 11.9 Å². The van der Waals surface area contributed by atoms with Gasteiger partial charge in [0.25, 0.3) is 0 Å². The third-order valence-corrected chi connectivity index (χ3v) is 7.52. The molecule has 1 radical (unpaired) electrons. The lowest BCUT2D eigenvalue weighted by atomic mass is 9.90. The largest absolute Gasteiger partial charge is 0.336 e. The van der Waals surface area contributed by atoms with Crippen molar-refractivity contribution in [1.29, 1.82) is 0 Å². The lowest BCUT2D eigenvalue weighted by Crippen LogP contribution is -2.39. The summed E-state index contributed by atoms with van der Waals surface area (Å²) < 4.78 is 0. The van der Waals surface area contributed by atoms with E-state index in [2.05, 4.69) is 102 Å². The van der Waals surface area contributed by atoms with E-state index in [4.69, 9.17) is 0 Å². The van der Waals surface area contributed by atoms with Gasteiger partial charge >= 0.3 is 0 Å². The molecule has 0 aromatic heterocycles. The maximum absolute atomic E-state index is 14.4. The van der Waals surface area contributed by atoms with Crippen molar-refractivity contribution in [2.24, 2.45) is 0 Å². The van der Waals surface area contributed by atoms with E-state index in [1.807, 2.05) is 30.3 Å². The molecule has 1 fully saturated rings. The topological polar surface area (TPSA) is 23.6 Å². The van der Waals surface area contributed by atoms with E-state index in [0.29, 0.717) is 23.7 Å². The molecule has 1 heterocycles. The SMILES string of the molecule is CC(C)c1cccc(C(C)C)c1N1CCN(c2c(C(C)C)cccc2C(C)C)[C]1C(=O)c1ccccc1. The number of hydrogen-bond acceptors (Lipinski definition) is 3. The van der Waals surface area contributed by atoms with Gasteiger partial charge in [-0.1, -0.05) is 122 Å². The molecule has 0 unspecified atom stereocenters. The number of benzene rings is 3. The Morgan fingerprint density at radius 2 is 0.892 bits per heavy atom. The van der Waals surface area contributed by atoms with E-state index >= 15 is 0 Å². The van der Waals surface area contributed by atoms with Gasteiger partial charge in [0.15, 0.2) is 0 Å². The summed E-state index contributed by atoms with van der Waals surface area (Å²) in [4.78, 5) is 19.1. The highest BCUT2D eigenvalue weighted by molar-refractivity contribution is 6.11. The average molecular weight is 496 g/mol. The summed E-state index contributed by atoms with van der Waals surface area (Å²) in [6.45, 7) is 19.6. The molecule has 1 aliphatic rings. The molecule has 3 nitrogen and oxygen atoms in total. The van der Waals surface area contributed by atoms with Gasteiger partial charge < -0.3 is 9.80 Å². The summed E-state index contributed by atoms with van der Waals surface area (Å²) in [5, 5.41) is 0. The molecule has 195 valence electrons. The summed E-state index contributed by atoms with van der Waals surface area (Å²) in [5.74, 6) is 1.49. The number of carbonyl (C=O) groups excluding carboxylic acids is 1. The minimum absolute atomic E-state index is 0.0830. The van der Waals surface area contributed by atoms with Crippen LogP contribution in [0.3, 0.4) is 0 Å². The van der Waals surface area contributed by atoms with E-state index in [9.17, 15) is 4.79 Å². The number of rotatable bonds is 8. The Labute approximate surface area is 224 Å². The van der Waals surface area contributed by atoms with Crippen molar-refractivity contribution in [2.75, 3.05) is 22.9 Å². The number of Topliss-reactive ketones (excluding diaryl/α,β-unsaturated/α-hetero) is 1. The number of anilines is 2. The molecule has 0 atom stereocenters. The molecule has 37 heavy (non-hydrogen) atoms. The number of nitrogens with zero attached hydrogens (tertiary/aromatic N) is 2. The zero-order valence-corrected chi connectivity index (χ0v) is 23.9. The highest BCUT2D eigenvalue weighted by atomic mass is 16.1. The molecule has 0 spiro atoms. The van der Waals surface area contributed by atoms with Crippen molar-refractivity contribution >= 4 is 17.2 Å². The highest BCUT2D eigenvalue weighted by Gasteiger charge is 2.43. The fourth-order valence-electron chi connectivity index (χ4n) is 5.60. The van der Waals surface area contributed by atoms with Gasteiger partial charge in [-0.2, -0.15) is 0 Å². The standard InChI is InChI=1S/C34H43N2O/c1-22(2)27-16-12-17-28(23(3)4)31(27)35-20-21-36(34(35)33(37)26-14-10-9-11-15-26)32-29(24(5)6)18-13-19-30(32)25(7)8/h9-19,22-25H,20-21H2,1-8H3. The third kappa shape index (κ3) is 5.19. The summed E-state index contributed by atoms with van der Waals surface area (Å²) >= 11 is 0. The Bertz CT molecular complexity index is 1100. The van der Waals surface area contributed by atoms with Crippen LogP contribution in [0.15, 0.2) is 66.7 Å². The first kappa shape index (κ1) is 27.0. The minimum atomic E-state index is 0.0830. The third-order valence-electron chi connectivity index (χ3n) is 7.52. The smallest absolute Gasteiger partial charge is 0.229 e. The van der Waals surface area contributed by atoms with E-state index < -0.39 is 0 Å². The van der Waals surface area contributed by atoms with Crippen LogP contribution in [0, 0.1) is 6.17 Å². The van der Waals surface area contributed by atoms with Crippen molar-refractivity contribution < 1.29 is 4.79 Å². The van der Waals surface area contributed by atoms with Crippen LogP contribution in [-0.4, -0.2) is 18.9 Å². The Morgan fingerprint density at radius 1 is 0.541 bits per heavy atom. The van der Waals surface area contributed by atoms with Crippen molar-refractivity contribution in [3.8, 4) is 0 Å². The van der Waals surface area contributed by atoms with Gasteiger partial charge in [0.05, 0.1) is 0 Å². The average Bonchev–Trinajstić information content (AvgIpc) is 3.32. The Kier molecular flexibility index (Phi) is 8.11. The Morgan fingerprint density at radius 3 is 1.22 bits per heavy atom. The van der Waals surface area contributed by atoms with E-state index in [1.165, 1.54) is 33.6 Å². The lowest BCUT2D eigenvalue weighted by Gasteiger charge is -2.36. The second-order valence-corrected chi connectivity index (χ2v) is 11.5. The molecule has 3 aromatic carbocycles. The number of para-hydroxylation sites is 2. The highest BCUT2D eigenvalue weighted by Crippen LogP contribution is 2.45. The van der Waals surface area contributed by atoms with Gasteiger partial charge in [0.1, 0.15) is 0 Å². The van der Waals surface area contributed by atoms with Crippen molar-refractivity contribution in [2.45, 2.75) is 79.1 Å². The molecular formula is C34H43N2O. The molecule has 0 N–H and O–H groups in total. The molecule has 1 saturated heterocycles. The fraction of sp³-hybridized carbons (Fsp3) is 0.412. The number of ketones is 1. The summed E-state index contributed by atoms with van der Waals surface area (Å²) in [7, 11) is 0. The first-order valence-electron chi connectivity index (χ1n) is 13.9. The van der Waals surface area contributed by atoms with Gasteiger partial charge in [-0.05, 0) is 45.9 Å². The monoisotopic (exact) mass is 495 g/mol. The number of hydrogen-bond donors (Lipinski definition) is 0. The van der Waals surface area contributed by atoms with Crippen molar-refractivity contribution in [3.05, 3.63) is 101 Å². The first-order chi connectivity index (χ1) is 17.6. The van der Waals surface area contributed by atoms with E-state index in [-0.39, 0.29) is 5.78 Å². The van der Waals surface area contributed by atoms with Crippen LogP contribution in [0.1, 0.15) is 112 Å². The molecule has 0 aliphatic carbocycles. The number of carbonyl (C=O) groups is 1. The molecule has 0 bridgehead atoms. The van der Waals surface area contributed by atoms with Gasteiger partial charge in [-0.25, -0.2) is 0 Å². The molecule has 0 amide bonds. The van der Waals surface area contributed by atoms with Gasteiger partial charge in [-0.3, -0.25) is 4.79 Å². The molecular weight excluding hydrogens is 452 g/mol. The van der Waals surface area contributed by atoms with Crippen LogP contribution in [0.5, 0.6) is 0 Å². The zero-order valence-electron chi connectivity index (χ0n) is 23.9. The fourth-order valence-corrected chi connectivity index (χ4v) is 5.60. The van der Waals surface area contributed by atoms with Gasteiger partial charge in [0, 0.05) is 30.0 Å². The van der Waals surface area contributed by atoms with Gasteiger partial charge in [-0.15, -0.1) is 0 Å². The second kappa shape index (κ2) is 11.1. The van der Waals surface area contributed by atoms with Crippen molar-refractivity contribution in [1.82, 2.24) is 0 Å². The molecule has 3 aromatic rings. The zero-order chi connectivity index (χ0) is 26.9. The first-order valence-corrected chi connectivity index (χ1v) is 13.9. The molecule has 4 rings (SSSR count). The predicted octanol–water partition coefficient (Wildman–Crippen LogP) is 8.88. The molecule has 3 heteroatoms. The quantitative estimate of drug-likeness (QED) is 0.292. The van der Waals surface area contributed by atoms with Crippen LogP contribution in [0.25, 0.3) is 0 Å². The molecule has 1 aliphatic heterocycles. The van der Waals surface area contributed by atoms with Crippen LogP contribution in [-0.2, 0) is 0 Å². The predicted molar refractivity (Wildman–Crippen MR) is 158 cm³/mol.